The normalized spacial score (nSPS) is 10.4. The molecule has 62 valence electrons. The highest BCUT2D eigenvalue weighted by Crippen LogP contribution is 2.00. The van der Waals surface area contributed by atoms with E-state index in [4.69, 9.17) is 5.73 Å². The van der Waals surface area contributed by atoms with Crippen molar-refractivity contribution in [2.24, 2.45) is 5.73 Å². The van der Waals surface area contributed by atoms with Gasteiger partial charge >= 0.3 is 0 Å². The van der Waals surface area contributed by atoms with Crippen LogP contribution in [-0.2, 0) is 6.42 Å². The SMILES string of the molecule is Cc1nc(CCCCN)c[nH]1. The van der Waals surface area contributed by atoms with Crippen LogP contribution in [0, 0.1) is 6.92 Å². The summed E-state index contributed by atoms with van der Waals surface area (Å²) in [6.45, 7) is 2.75. The Kier molecular flexibility index (Phi) is 3.11. The average molecular weight is 153 g/mol. The summed E-state index contributed by atoms with van der Waals surface area (Å²) < 4.78 is 0. The third-order valence-corrected chi connectivity index (χ3v) is 1.65. The van der Waals surface area contributed by atoms with E-state index in [1.165, 1.54) is 0 Å². The largest absolute Gasteiger partial charge is 0.349 e. The second-order valence-electron chi connectivity index (χ2n) is 2.72. The van der Waals surface area contributed by atoms with Gasteiger partial charge in [0, 0.05) is 6.20 Å². The highest BCUT2D eigenvalue weighted by molar-refractivity contribution is 4.99. The van der Waals surface area contributed by atoms with E-state index in [2.05, 4.69) is 9.97 Å². The topological polar surface area (TPSA) is 54.7 Å². The highest BCUT2D eigenvalue weighted by atomic mass is 14.9. The van der Waals surface area contributed by atoms with Gasteiger partial charge in [0.05, 0.1) is 5.69 Å². The number of aryl methyl sites for hydroxylation is 2. The van der Waals surface area contributed by atoms with Gasteiger partial charge in [-0.3, -0.25) is 0 Å². The molecule has 0 atom stereocenters. The van der Waals surface area contributed by atoms with Crippen LogP contribution < -0.4 is 5.73 Å². The fourth-order valence-corrected chi connectivity index (χ4v) is 1.05. The number of aromatic nitrogens is 2. The number of imidazole rings is 1. The molecule has 0 radical (unpaired) electrons. The molecule has 1 rings (SSSR count). The van der Waals surface area contributed by atoms with Crippen molar-refractivity contribution in [3.05, 3.63) is 17.7 Å². The summed E-state index contributed by atoms with van der Waals surface area (Å²) in [6.07, 6.45) is 5.24. The van der Waals surface area contributed by atoms with Crippen LogP contribution in [0.2, 0.25) is 0 Å². The lowest BCUT2D eigenvalue weighted by Gasteiger charge is -1.93. The van der Waals surface area contributed by atoms with Crippen LogP contribution in [-0.4, -0.2) is 16.5 Å². The molecule has 1 aromatic heterocycles. The molecule has 0 aliphatic heterocycles. The fraction of sp³-hybridized carbons (Fsp3) is 0.625. The molecule has 0 aromatic carbocycles. The molecule has 0 saturated heterocycles. The van der Waals surface area contributed by atoms with Crippen molar-refractivity contribution in [2.45, 2.75) is 26.2 Å². The Morgan fingerprint density at radius 2 is 2.36 bits per heavy atom. The Morgan fingerprint density at radius 3 is 2.91 bits per heavy atom. The molecule has 3 N–H and O–H groups in total. The summed E-state index contributed by atoms with van der Waals surface area (Å²) in [5.41, 5.74) is 6.52. The second-order valence-corrected chi connectivity index (χ2v) is 2.72. The Labute approximate surface area is 67.0 Å². The average Bonchev–Trinajstić information content (AvgIpc) is 2.37. The molecular weight excluding hydrogens is 138 g/mol. The minimum atomic E-state index is 0.781. The zero-order valence-corrected chi connectivity index (χ0v) is 6.93. The lowest BCUT2D eigenvalue weighted by atomic mass is 10.2. The lowest BCUT2D eigenvalue weighted by molar-refractivity contribution is 0.734. The maximum atomic E-state index is 5.37. The second kappa shape index (κ2) is 4.13. The summed E-state index contributed by atoms with van der Waals surface area (Å²) in [6, 6.07) is 0. The first-order chi connectivity index (χ1) is 5.33. The molecule has 0 aliphatic carbocycles. The summed E-state index contributed by atoms with van der Waals surface area (Å²) in [7, 11) is 0. The van der Waals surface area contributed by atoms with Gasteiger partial charge in [-0.15, -0.1) is 0 Å². The molecule has 1 heterocycles. The van der Waals surface area contributed by atoms with E-state index >= 15 is 0 Å². The first kappa shape index (κ1) is 8.27. The molecule has 0 saturated carbocycles. The number of nitrogens with one attached hydrogen (secondary N) is 1. The van der Waals surface area contributed by atoms with Gasteiger partial charge in [-0.2, -0.15) is 0 Å². The van der Waals surface area contributed by atoms with E-state index in [0.29, 0.717) is 0 Å². The predicted octanol–water partition coefficient (Wildman–Crippen LogP) is 1.000. The number of hydrogen-bond donors (Lipinski definition) is 2. The Morgan fingerprint density at radius 1 is 1.55 bits per heavy atom. The van der Waals surface area contributed by atoms with E-state index in [-0.39, 0.29) is 0 Å². The van der Waals surface area contributed by atoms with Gasteiger partial charge in [0.2, 0.25) is 0 Å². The standard InChI is InChI=1S/C8H15N3/c1-7-10-6-8(11-7)4-2-3-5-9/h6H,2-5,9H2,1H3,(H,10,11). The summed E-state index contributed by atoms with van der Waals surface area (Å²) >= 11 is 0. The Hall–Kier alpha value is -0.830. The molecule has 0 spiro atoms. The molecular formula is C8H15N3. The highest BCUT2D eigenvalue weighted by Gasteiger charge is 1.95. The summed E-state index contributed by atoms with van der Waals surface area (Å²) in [5.74, 6) is 0.993. The molecule has 3 heteroatoms. The molecule has 0 amide bonds. The lowest BCUT2D eigenvalue weighted by Crippen LogP contribution is -1.99. The monoisotopic (exact) mass is 153 g/mol. The third-order valence-electron chi connectivity index (χ3n) is 1.65. The Balaban J connectivity index is 2.27. The zero-order valence-electron chi connectivity index (χ0n) is 6.93. The van der Waals surface area contributed by atoms with Crippen molar-refractivity contribution in [1.82, 2.24) is 9.97 Å². The molecule has 1 aromatic rings. The van der Waals surface area contributed by atoms with Gasteiger partial charge in [0.15, 0.2) is 0 Å². The van der Waals surface area contributed by atoms with Crippen LogP contribution in [0.25, 0.3) is 0 Å². The molecule has 0 bridgehead atoms. The number of H-pyrrole nitrogens is 1. The number of aromatic amines is 1. The molecule has 0 fully saturated rings. The van der Waals surface area contributed by atoms with Crippen molar-refractivity contribution in [2.75, 3.05) is 6.54 Å². The quantitative estimate of drug-likeness (QED) is 0.634. The van der Waals surface area contributed by atoms with E-state index in [0.717, 1.165) is 37.3 Å². The smallest absolute Gasteiger partial charge is 0.103 e. The summed E-state index contributed by atoms with van der Waals surface area (Å²) in [5, 5.41) is 0. The van der Waals surface area contributed by atoms with Crippen molar-refractivity contribution in [1.29, 1.82) is 0 Å². The first-order valence-electron chi connectivity index (χ1n) is 4.04. The molecule has 0 unspecified atom stereocenters. The van der Waals surface area contributed by atoms with Crippen LogP contribution >= 0.6 is 0 Å². The first-order valence-corrected chi connectivity index (χ1v) is 4.04. The van der Waals surface area contributed by atoms with Gasteiger partial charge in [-0.05, 0) is 32.7 Å². The van der Waals surface area contributed by atoms with Crippen LogP contribution in [0.5, 0.6) is 0 Å². The van der Waals surface area contributed by atoms with E-state index in [9.17, 15) is 0 Å². The van der Waals surface area contributed by atoms with Gasteiger partial charge < -0.3 is 10.7 Å². The van der Waals surface area contributed by atoms with Crippen molar-refractivity contribution < 1.29 is 0 Å². The van der Waals surface area contributed by atoms with Crippen molar-refractivity contribution in [3.63, 3.8) is 0 Å². The zero-order chi connectivity index (χ0) is 8.10. The van der Waals surface area contributed by atoms with Gasteiger partial charge in [-0.1, -0.05) is 0 Å². The number of hydrogen-bond acceptors (Lipinski definition) is 2. The van der Waals surface area contributed by atoms with Gasteiger partial charge in [-0.25, -0.2) is 4.98 Å². The predicted molar refractivity (Wildman–Crippen MR) is 45.3 cm³/mol. The number of nitrogens with zero attached hydrogens (tertiary/aromatic N) is 1. The number of rotatable bonds is 4. The number of unbranched alkanes of at least 4 members (excludes halogenated alkanes) is 1. The van der Waals surface area contributed by atoms with Crippen molar-refractivity contribution >= 4 is 0 Å². The van der Waals surface area contributed by atoms with Crippen molar-refractivity contribution in [3.8, 4) is 0 Å². The molecule has 0 aliphatic rings. The molecule has 3 nitrogen and oxygen atoms in total. The van der Waals surface area contributed by atoms with E-state index in [1.54, 1.807) is 0 Å². The van der Waals surface area contributed by atoms with Crippen LogP contribution in [0.15, 0.2) is 6.20 Å². The fourth-order valence-electron chi connectivity index (χ4n) is 1.05. The maximum absolute atomic E-state index is 5.37. The van der Waals surface area contributed by atoms with E-state index < -0.39 is 0 Å². The van der Waals surface area contributed by atoms with Crippen LogP contribution in [0.3, 0.4) is 0 Å². The third kappa shape index (κ3) is 2.72. The maximum Gasteiger partial charge on any atom is 0.103 e. The number of nitrogens with two attached hydrogens (primary N) is 1. The Bertz CT molecular complexity index is 205. The summed E-state index contributed by atoms with van der Waals surface area (Å²) in [4.78, 5) is 7.34. The molecule has 11 heavy (non-hydrogen) atoms. The van der Waals surface area contributed by atoms with Gasteiger partial charge in [0.1, 0.15) is 5.82 Å². The minimum Gasteiger partial charge on any atom is -0.349 e. The van der Waals surface area contributed by atoms with Gasteiger partial charge in [0.25, 0.3) is 0 Å². The van der Waals surface area contributed by atoms with E-state index in [1.807, 2.05) is 13.1 Å². The van der Waals surface area contributed by atoms with Crippen LogP contribution in [0.4, 0.5) is 0 Å². The van der Waals surface area contributed by atoms with Crippen LogP contribution in [0.1, 0.15) is 24.4 Å². The minimum absolute atomic E-state index is 0.781.